The van der Waals surface area contributed by atoms with E-state index < -0.39 is 0 Å². The van der Waals surface area contributed by atoms with Crippen LogP contribution in [0.2, 0.25) is 5.02 Å². The summed E-state index contributed by atoms with van der Waals surface area (Å²) in [4.78, 5) is 2.52. The predicted octanol–water partition coefficient (Wildman–Crippen LogP) is 2.83. The van der Waals surface area contributed by atoms with E-state index in [1.165, 1.54) is 32.4 Å². The van der Waals surface area contributed by atoms with E-state index in [0.29, 0.717) is 17.5 Å². The number of hydrogen-bond acceptors (Lipinski definition) is 3. The van der Waals surface area contributed by atoms with Crippen LogP contribution >= 0.6 is 11.6 Å². The molecule has 2 N–H and O–H groups in total. The first-order chi connectivity index (χ1) is 9.25. The lowest BCUT2D eigenvalue weighted by Gasteiger charge is -2.36. The Hall–Kier alpha value is -0.770. The number of benzene rings is 1. The molecule has 19 heavy (non-hydrogen) atoms. The van der Waals surface area contributed by atoms with E-state index in [2.05, 4.69) is 4.90 Å². The Kier molecular flexibility index (Phi) is 3.96. The van der Waals surface area contributed by atoms with Gasteiger partial charge in [-0.25, -0.2) is 0 Å². The lowest BCUT2D eigenvalue weighted by molar-refractivity contribution is 0.126. The van der Waals surface area contributed by atoms with E-state index >= 15 is 0 Å². The van der Waals surface area contributed by atoms with Gasteiger partial charge < -0.3 is 15.4 Å². The van der Waals surface area contributed by atoms with Crippen LogP contribution in [0.5, 0.6) is 5.75 Å². The van der Waals surface area contributed by atoms with Crippen LogP contribution in [0.3, 0.4) is 0 Å². The molecular formula is C15H21ClN2O. The summed E-state index contributed by atoms with van der Waals surface area (Å²) in [7, 11) is 0. The van der Waals surface area contributed by atoms with Crippen molar-refractivity contribution in [3.05, 3.63) is 28.8 Å². The molecule has 1 aromatic carbocycles. The largest absolute Gasteiger partial charge is 0.491 e. The fourth-order valence-electron chi connectivity index (χ4n) is 3.13. The van der Waals surface area contributed by atoms with E-state index in [-0.39, 0.29) is 6.04 Å². The summed E-state index contributed by atoms with van der Waals surface area (Å²) in [5, 5.41) is 0.671. The minimum atomic E-state index is 0.0318. The number of fused-ring (bicyclic) bond motifs is 1. The quantitative estimate of drug-likeness (QED) is 0.905. The number of ether oxygens (including phenoxy) is 1. The predicted molar refractivity (Wildman–Crippen MR) is 77.7 cm³/mol. The highest BCUT2D eigenvalue weighted by Gasteiger charge is 2.30. The van der Waals surface area contributed by atoms with Crippen molar-refractivity contribution in [3.63, 3.8) is 0 Å². The van der Waals surface area contributed by atoms with Crippen molar-refractivity contribution >= 4 is 11.6 Å². The minimum Gasteiger partial charge on any atom is -0.491 e. The summed E-state index contributed by atoms with van der Waals surface area (Å²) >= 11 is 6.16. The van der Waals surface area contributed by atoms with Gasteiger partial charge in [0.2, 0.25) is 0 Å². The van der Waals surface area contributed by atoms with Gasteiger partial charge in [0.1, 0.15) is 5.75 Å². The minimum absolute atomic E-state index is 0.0318. The second-order valence-electron chi connectivity index (χ2n) is 5.62. The van der Waals surface area contributed by atoms with Crippen LogP contribution in [0.15, 0.2) is 18.2 Å². The van der Waals surface area contributed by atoms with Crippen molar-refractivity contribution in [1.82, 2.24) is 4.90 Å². The maximum Gasteiger partial charge on any atom is 0.142 e. The van der Waals surface area contributed by atoms with Gasteiger partial charge in [-0.3, -0.25) is 0 Å². The Bertz CT molecular complexity index is 446. The molecule has 2 atom stereocenters. The number of halogens is 1. The van der Waals surface area contributed by atoms with Crippen LogP contribution in [0.1, 0.15) is 30.9 Å². The summed E-state index contributed by atoms with van der Waals surface area (Å²) in [5.41, 5.74) is 7.47. The molecule has 0 amide bonds. The van der Waals surface area contributed by atoms with E-state index in [1.54, 1.807) is 0 Å². The number of nitrogens with zero attached hydrogens (tertiary/aromatic N) is 1. The van der Waals surface area contributed by atoms with E-state index in [4.69, 9.17) is 22.1 Å². The van der Waals surface area contributed by atoms with Crippen LogP contribution in [0, 0.1) is 5.92 Å². The Morgan fingerprint density at radius 2 is 2.05 bits per heavy atom. The summed E-state index contributed by atoms with van der Waals surface area (Å²) in [6, 6.07) is 5.88. The highest BCUT2D eigenvalue weighted by Crippen LogP contribution is 2.39. The third kappa shape index (κ3) is 2.73. The third-order valence-corrected chi connectivity index (χ3v) is 4.55. The van der Waals surface area contributed by atoms with Gasteiger partial charge in [-0.15, -0.1) is 0 Å². The molecule has 3 rings (SSSR count). The fourth-order valence-corrected chi connectivity index (χ4v) is 3.36. The van der Waals surface area contributed by atoms with Gasteiger partial charge in [0, 0.05) is 24.1 Å². The molecule has 2 unspecified atom stereocenters. The topological polar surface area (TPSA) is 38.5 Å². The first kappa shape index (κ1) is 13.2. The molecule has 2 heterocycles. The molecule has 1 aromatic rings. The van der Waals surface area contributed by atoms with Crippen LogP contribution in [0.25, 0.3) is 0 Å². The zero-order chi connectivity index (χ0) is 13.2. The average Bonchev–Trinajstić information content (AvgIpc) is 2.44. The number of likely N-dealkylation sites (tertiary alicyclic amines) is 1. The molecule has 0 radical (unpaired) electrons. The molecule has 3 nitrogen and oxygen atoms in total. The van der Waals surface area contributed by atoms with Crippen molar-refractivity contribution in [3.8, 4) is 5.75 Å². The molecule has 0 aromatic heterocycles. The van der Waals surface area contributed by atoms with Crippen LogP contribution < -0.4 is 10.5 Å². The first-order valence-electron chi connectivity index (χ1n) is 7.15. The van der Waals surface area contributed by atoms with E-state index in [9.17, 15) is 0 Å². The fraction of sp³-hybridized carbons (Fsp3) is 0.600. The number of nitrogens with two attached hydrogens (primary N) is 1. The molecule has 104 valence electrons. The second kappa shape index (κ2) is 5.70. The molecule has 0 aliphatic carbocycles. The molecule has 4 heteroatoms. The zero-order valence-electron chi connectivity index (χ0n) is 11.1. The van der Waals surface area contributed by atoms with Gasteiger partial charge in [-0.2, -0.15) is 0 Å². The Balaban J connectivity index is 1.72. The van der Waals surface area contributed by atoms with Crippen LogP contribution in [-0.2, 0) is 0 Å². The van der Waals surface area contributed by atoms with Gasteiger partial charge in [0.15, 0.2) is 0 Å². The van der Waals surface area contributed by atoms with E-state index in [0.717, 1.165) is 17.9 Å². The summed E-state index contributed by atoms with van der Waals surface area (Å²) in [5.74, 6) is 1.15. The Labute approximate surface area is 119 Å². The molecule has 0 spiro atoms. The van der Waals surface area contributed by atoms with Crippen LogP contribution in [0.4, 0.5) is 0 Å². The highest BCUT2D eigenvalue weighted by molar-refractivity contribution is 6.32. The molecule has 0 saturated carbocycles. The first-order valence-corrected chi connectivity index (χ1v) is 7.52. The number of hydrogen-bond donors (Lipinski definition) is 1. The van der Waals surface area contributed by atoms with Gasteiger partial charge >= 0.3 is 0 Å². The molecule has 1 fully saturated rings. The SMILES string of the molecule is NC1c2cccc(Cl)c2OCC1CN1CCCCC1. The molecule has 2 aliphatic rings. The molecular weight excluding hydrogens is 260 g/mol. The number of para-hydroxylation sites is 1. The zero-order valence-corrected chi connectivity index (χ0v) is 11.9. The van der Waals surface area contributed by atoms with E-state index in [1.807, 2.05) is 18.2 Å². The smallest absolute Gasteiger partial charge is 0.142 e. The van der Waals surface area contributed by atoms with Crippen molar-refractivity contribution < 1.29 is 4.74 Å². The number of piperidine rings is 1. The van der Waals surface area contributed by atoms with Crippen molar-refractivity contribution in [1.29, 1.82) is 0 Å². The summed E-state index contributed by atoms with van der Waals surface area (Å²) < 4.78 is 5.84. The normalized spacial score (nSPS) is 27.7. The lowest BCUT2D eigenvalue weighted by atomic mass is 9.90. The lowest BCUT2D eigenvalue weighted by Crippen LogP contribution is -2.42. The maximum atomic E-state index is 6.41. The molecule has 2 aliphatic heterocycles. The van der Waals surface area contributed by atoms with Gasteiger partial charge in [0.05, 0.1) is 11.6 Å². The van der Waals surface area contributed by atoms with Gasteiger partial charge in [0.25, 0.3) is 0 Å². The summed E-state index contributed by atoms with van der Waals surface area (Å²) in [6.07, 6.45) is 3.98. The average molecular weight is 281 g/mol. The van der Waals surface area contributed by atoms with Gasteiger partial charge in [-0.1, -0.05) is 30.2 Å². The Morgan fingerprint density at radius 3 is 2.84 bits per heavy atom. The molecule has 0 bridgehead atoms. The van der Waals surface area contributed by atoms with Crippen LogP contribution in [-0.4, -0.2) is 31.1 Å². The summed E-state index contributed by atoms with van der Waals surface area (Å²) in [6.45, 7) is 4.11. The molecule has 1 saturated heterocycles. The monoisotopic (exact) mass is 280 g/mol. The second-order valence-corrected chi connectivity index (χ2v) is 6.02. The number of rotatable bonds is 2. The standard InChI is InChI=1S/C15H21ClN2O/c16-13-6-4-5-12-14(17)11(10-19-15(12)13)9-18-7-2-1-3-8-18/h4-6,11,14H,1-3,7-10,17H2. The van der Waals surface area contributed by atoms with Crippen molar-refractivity contribution in [2.75, 3.05) is 26.2 Å². The Morgan fingerprint density at radius 1 is 1.26 bits per heavy atom. The third-order valence-electron chi connectivity index (χ3n) is 4.25. The maximum absolute atomic E-state index is 6.41. The van der Waals surface area contributed by atoms with Crippen molar-refractivity contribution in [2.45, 2.75) is 25.3 Å². The van der Waals surface area contributed by atoms with Gasteiger partial charge in [-0.05, 0) is 32.0 Å². The van der Waals surface area contributed by atoms with Crippen molar-refractivity contribution in [2.24, 2.45) is 11.7 Å². The highest BCUT2D eigenvalue weighted by atomic mass is 35.5.